The van der Waals surface area contributed by atoms with Crippen molar-refractivity contribution >= 4 is 19.8 Å². The summed E-state index contributed by atoms with van der Waals surface area (Å²) in [5.74, 6) is -0.887. The molecule has 0 amide bonds. The van der Waals surface area contributed by atoms with Gasteiger partial charge >= 0.3 is 19.8 Å². The van der Waals surface area contributed by atoms with Gasteiger partial charge in [-0.25, -0.2) is 4.57 Å². The number of nitrogens with two attached hydrogens (primary N) is 1. The lowest BCUT2D eigenvalue weighted by molar-refractivity contribution is -0.161. The number of allylic oxidation sites excluding steroid dienone is 10. The Kier molecular flexibility index (Phi) is 62.0. The highest BCUT2D eigenvalue weighted by Gasteiger charge is 2.26. The number of ether oxygens (including phenoxy) is 2. The van der Waals surface area contributed by atoms with E-state index in [-0.39, 0.29) is 32.6 Å². The molecule has 0 rings (SSSR count). The molecule has 3 N–H and O–H groups in total. The molecule has 2 atom stereocenters. The van der Waals surface area contributed by atoms with Crippen molar-refractivity contribution in [2.24, 2.45) is 5.73 Å². The zero-order valence-electron chi connectivity index (χ0n) is 51.2. The van der Waals surface area contributed by atoms with Gasteiger partial charge in [0.2, 0.25) is 0 Å². The van der Waals surface area contributed by atoms with Crippen molar-refractivity contribution in [1.29, 1.82) is 0 Å². The molecule has 10 heteroatoms. The van der Waals surface area contributed by atoms with E-state index in [0.29, 0.717) is 12.8 Å². The Morgan fingerprint density at radius 1 is 0.397 bits per heavy atom. The van der Waals surface area contributed by atoms with Crippen molar-refractivity contribution in [2.75, 3.05) is 26.4 Å². The van der Waals surface area contributed by atoms with Crippen LogP contribution in [0.3, 0.4) is 0 Å². The first-order valence-corrected chi connectivity index (χ1v) is 34.8. The summed E-state index contributed by atoms with van der Waals surface area (Å²) in [7, 11) is -4.40. The van der Waals surface area contributed by atoms with E-state index < -0.39 is 32.5 Å². The Balaban J connectivity index is 3.75. The maximum atomic E-state index is 12.7. The van der Waals surface area contributed by atoms with Crippen LogP contribution >= 0.6 is 7.82 Å². The van der Waals surface area contributed by atoms with Gasteiger partial charge in [0.1, 0.15) is 6.61 Å². The van der Waals surface area contributed by atoms with Gasteiger partial charge in [0.05, 0.1) is 13.2 Å². The third-order valence-corrected chi connectivity index (χ3v) is 15.7. The molecule has 0 saturated carbocycles. The number of rotatable bonds is 63. The van der Waals surface area contributed by atoms with E-state index in [4.69, 9.17) is 24.3 Å². The van der Waals surface area contributed by atoms with Crippen molar-refractivity contribution in [3.05, 3.63) is 60.8 Å². The summed E-state index contributed by atoms with van der Waals surface area (Å²) in [6, 6.07) is 0. The van der Waals surface area contributed by atoms with E-state index in [2.05, 4.69) is 68.5 Å². The van der Waals surface area contributed by atoms with Gasteiger partial charge < -0.3 is 20.1 Å². The van der Waals surface area contributed by atoms with Crippen molar-refractivity contribution in [3.8, 4) is 0 Å². The minimum atomic E-state index is -4.40. The minimum Gasteiger partial charge on any atom is -0.462 e. The summed E-state index contributed by atoms with van der Waals surface area (Å²) in [6.45, 7) is 3.60. The zero-order valence-corrected chi connectivity index (χ0v) is 52.1. The van der Waals surface area contributed by atoms with Crippen LogP contribution in [0.25, 0.3) is 0 Å². The fraction of sp³-hybridized carbons (Fsp3) is 0.824. The van der Waals surface area contributed by atoms with Crippen molar-refractivity contribution in [1.82, 2.24) is 0 Å². The molecule has 9 nitrogen and oxygen atoms in total. The molecule has 0 bridgehead atoms. The van der Waals surface area contributed by atoms with Gasteiger partial charge in [0, 0.05) is 19.4 Å². The Bertz CT molecular complexity index is 1460. The Labute approximate surface area is 482 Å². The molecular weight excluding hydrogens is 990 g/mol. The van der Waals surface area contributed by atoms with Crippen LogP contribution in [0.4, 0.5) is 0 Å². The fourth-order valence-electron chi connectivity index (χ4n) is 9.79. The maximum Gasteiger partial charge on any atom is 0.472 e. The quantitative estimate of drug-likeness (QED) is 0.0264. The van der Waals surface area contributed by atoms with Crippen LogP contribution in [0.2, 0.25) is 0 Å². The van der Waals surface area contributed by atoms with Gasteiger partial charge in [-0.3, -0.25) is 18.6 Å². The largest absolute Gasteiger partial charge is 0.472 e. The second kappa shape index (κ2) is 63.9. The Morgan fingerprint density at radius 3 is 1.04 bits per heavy atom. The summed E-state index contributed by atoms with van der Waals surface area (Å²) >= 11 is 0. The molecule has 0 aliphatic carbocycles. The molecule has 0 aromatic carbocycles. The Hall–Kier alpha value is -2.29. The average molecular weight is 1120 g/mol. The first-order valence-electron chi connectivity index (χ1n) is 33.3. The third-order valence-electron chi connectivity index (χ3n) is 14.7. The molecular formula is C68H126NO8P. The molecule has 0 spiro atoms. The van der Waals surface area contributed by atoms with Gasteiger partial charge in [-0.1, -0.05) is 325 Å². The van der Waals surface area contributed by atoms with Gasteiger partial charge in [0.15, 0.2) is 6.10 Å². The molecule has 0 fully saturated rings. The maximum absolute atomic E-state index is 12.7. The van der Waals surface area contributed by atoms with Crippen LogP contribution in [0.1, 0.15) is 328 Å². The molecule has 78 heavy (non-hydrogen) atoms. The lowest BCUT2D eigenvalue weighted by Crippen LogP contribution is -2.29. The van der Waals surface area contributed by atoms with Gasteiger partial charge in [-0.05, 0) is 51.4 Å². The number of carbonyl (C=O) groups excluding carboxylic acids is 2. The van der Waals surface area contributed by atoms with Crippen molar-refractivity contribution in [2.45, 2.75) is 335 Å². The number of phosphoric ester groups is 1. The number of hydrogen-bond acceptors (Lipinski definition) is 8. The highest BCUT2D eigenvalue weighted by Crippen LogP contribution is 2.43. The second-order valence-corrected chi connectivity index (χ2v) is 23.8. The average Bonchev–Trinajstić information content (AvgIpc) is 3.43. The number of hydrogen-bond donors (Lipinski definition) is 2. The van der Waals surface area contributed by atoms with Crippen molar-refractivity contribution < 1.29 is 37.6 Å². The highest BCUT2D eigenvalue weighted by atomic mass is 31.2. The smallest absolute Gasteiger partial charge is 0.462 e. The monoisotopic (exact) mass is 1120 g/mol. The topological polar surface area (TPSA) is 134 Å². The number of phosphoric acid groups is 1. The minimum absolute atomic E-state index is 0.0433. The first kappa shape index (κ1) is 75.7. The summed E-state index contributed by atoms with van der Waals surface area (Å²) < 4.78 is 33.0. The van der Waals surface area contributed by atoms with E-state index in [0.717, 1.165) is 51.4 Å². The SMILES string of the molecule is CC/C=C\C/C=C\C/C=C\C/C=C\C/C=C\CCCC(=O)OC(COC(=O)CCCCCCCCCCCCCCCCCCCCCCCCCCCCCCCCCCCCCCCCCC)COP(=O)(O)OCCN. The molecule has 0 radical (unpaired) electrons. The molecule has 0 heterocycles. The molecule has 0 aliphatic heterocycles. The molecule has 0 aromatic heterocycles. The van der Waals surface area contributed by atoms with E-state index in [1.165, 1.54) is 238 Å². The van der Waals surface area contributed by atoms with E-state index in [9.17, 15) is 19.0 Å². The number of unbranched alkanes of at least 4 members (excludes halogenated alkanes) is 40. The molecule has 0 aromatic rings. The summed E-state index contributed by atoms with van der Waals surface area (Å²) in [6.07, 6.45) is 82.2. The van der Waals surface area contributed by atoms with E-state index >= 15 is 0 Å². The molecule has 2 unspecified atom stereocenters. The number of carbonyl (C=O) groups is 2. The van der Waals surface area contributed by atoms with Gasteiger partial charge in [-0.15, -0.1) is 0 Å². The standard InChI is InChI=1S/C68H126NO8P/c1-3-5-7-9-11-13-15-17-19-21-22-23-24-25-26-27-28-29-30-31-32-33-34-35-36-37-38-39-40-41-42-43-45-46-48-50-52-54-56-58-60-67(70)74-64-66(65-76-78(72,73)75-63-62-69)77-68(71)61-59-57-55-53-51-49-47-44-20-18-16-14-12-10-8-6-4-2/h6,8,12,14,18,20,47,49,53,55,66H,3-5,7,9-11,13,15-17,19,21-46,48,50-52,54,56-65,69H2,1-2H3,(H,72,73)/b8-6-,14-12-,20-18-,49-47-,55-53-. The van der Waals surface area contributed by atoms with Crippen LogP contribution in [0.5, 0.6) is 0 Å². The van der Waals surface area contributed by atoms with E-state index in [1.807, 2.05) is 6.08 Å². The normalized spacial score (nSPS) is 13.3. The van der Waals surface area contributed by atoms with Crippen molar-refractivity contribution in [3.63, 3.8) is 0 Å². The van der Waals surface area contributed by atoms with Crippen LogP contribution in [0.15, 0.2) is 60.8 Å². The third kappa shape index (κ3) is 62.9. The van der Waals surface area contributed by atoms with Crippen LogP contribution < -0.4 is 5.73 Å². The molecule has 0 saturated heterocycles. The van der Waals surface area contributed by atoms with Crippen LogP contribution in [-0.4, -0.2) is 49.3 Å². The summed E-state index contributed by atoms with van der Waals surface area (Å²) in [4.78, 5) is 35.2. The molecule has 0 aliphatic rings. The number of esters is 2. The van der Waals surface area contributed by atoms with Gasteiger partial charge in [0.25, 0.3) is 0 Å². The summed E-state index contributed by atoms with van der Waals surface area (Å²) in [5.41, 5.74) is 5.38. The van der Waals surface area contributed by atoms with Gasteiger partial charge in [-0.2, -0.15) is 0 Å². The zero-order chi connectivity index (χ0) is 56.6. The second-order valence-electron chi connectivity index (χ2n) is 22.3. The van der Waals surface area contributed by atoms with E-state index in [1.54, 1.807) is 0 Å². The van der Waals surface area contributed by atoms with Crippen LogP contribution in [0, 0.1) is 0 Å². The lowest BCUT2D eigenvalue weighted by Gasteiger charge is -2.19. The first-order chi connectivity index (χ1) is 38.3. The molecule has 456 valence electrons. The highest BCUT2D eigenvalue weighted by molar-refractivity contribution is 7.47. The van der Waals surface area contributed by atoms with Crippen LogP contribution in [-0.2, 0) is 32.7 Å². The fourth-order valence-corrected chi connectivity index (χ4v) is 10.6. The predicted octanol–water partition coefficient (Wildman–Crippen LogP) is 21.5. The Morgan fingerprint density at radius 2 is 0.705 bits per heavy atom. The summed E-state index contributed by atoms with van der Waals surface area (Å²) in [5, 5.41) is 0. The lowest BCUT2D eigenvalue weighted by atomic mass is 10.0. The predicted molar refractivity (Wildman–Crippen MR) is 335 cm³/mol.